The summed E-state index contributed by atoms with van der Waals surface area (Å²) in [5.41, 5.74) is 1.12. The predicted molar refractivity (Wildman–Crippen MR) is 129 cm³/mol. The van der Waals surface area contributed by atoms with Gasteiger partial charge in [-0.05, 0) is 48.0 Å². The van der Waals surface area contributed by atoms with E-state index < -0.39 is 27.3 Å². The van der Waals surface area contributed by atoms with Crippen LogP contribution in [0.2, 0.25) is 0 Å². The fourth-order valence-electron chi connectivity index (χ4n) is 3.37. The van der Waals surface area contributed by atoms with Crippen molar-refractivity contribution < 1.29 is 27.9 Å². The molecule has 1 unspecified atom stereocenters. The molecular formula is C24H27ClN2O6S. The Balaban J connectivity index is 0.00000408. The number of rotatable bonds is 10. The van der Waals surface area contributed by atoms with Crippen LogP contribution in [0.1, 0.15) is 19.4 Å². The largest absolute Gasteiger partial charge is 0.457 e. The molecule has 0 fully saturated rings. The summed E-state index contributed by atoms with van der Waals surface area (Å²) in [5.74, 6) is -0.0791. The Morgan fingerprint density at radius 1 is 1.03 bits per heavy atom. The van der Waals surface area contributed by atoms with Crippen molar-refractivity contribution in [1.82, 2.24) is 10.5 Å². The molecule has 34 heavy (non-hydrogen) atoms. The quantitative estimate of drug-likeness (QED) is 0.313. The molecule has 1 heterocycles. The van der Waals surface area contributed by atoms with Crippen molar-refractivity contribution in [2.75, 3.05) is 5.75 Å². The molecule has 2 aromatic carbocycles. The van der Waals surface area contributed by atoms with Crippen molar-refractivity contribution in [2.24, 2.45) is 5.41 Å². The van der Waals surface area contributed by atoms with Gasteiger partial charge in [-0.3, -0.25) is 15.0 Å². The maximum absolute atomic E-state index is 13.1. The van der Waals surface area contributed by atoms with Gasteiger partial charge in [0, 0.05) is 17.8 Å². The zero-order chi connectivity index (χ0) is 23.9. The predicted octanol–water partition coefficient (Wildman–Crippen LogP) is 4.19. The Bertz CT molecular complexity index is 1160. The third-order valence-corrected chi connectivity index (χ3v) is 7.04. The number of aromatic nitrogens is 1. The first-order valence-corrected chi connectivity index (χ1v) is 11.9. The summed E-state index contributed by atoms with van der Waals surface area (Å²) in [7, 11) is -3.79. The van der Waals surface area contributed by atoms with Crippen LogP contribution < -0.4 is 10.2 Å². The van der Waals surface area contributed by atoms with Gasteiger partial charge in [0.15, 0.2) is 9.84 Å². The van der Waals surface area contributed by atoms with Crippen molar-refractivity contribution in [1.29, 1.82) is 0 Å². The monoisotopic (exact) mass is 506 g/mol. The molecule has 0 saturated carbocycles. The number of nitrogens with zero attached hydrogens (tertiary/aromatic N) is 1. The highest BCUT2D eigenvalue weighted by molar-refractivity contribution is 7.91. The number of hydrogen-bond acceptors (Lipinski definition) is 7. The molecule has 10 heteroatoms. The van der Waals surface area contributed by atoms with Crippen LogP contribution >= 0.6 is 12.4 Å². The molecule has 0 bridgehead atoms. The third kappa shape index (κ3) is 7.26. The van der Waals surface area contributed by atoms with Gasteiger partial charge in [-0.1, -0.05) is 38.1 Å². The zero-order valence-corrected chi connectivity index (χ0v) is 20.4. The summed E-state index contributed by atoms with van der Waals surface area (Å²) in [6, 6.07) is 18.7. The second-order valence-corrected chi connectivity index (χ2v) is 10.2. The topological polar surface area (TPSA) is 115 Å². The standard InChI is InChI=1S/C24H26N2O6S.ClH/c1-24(2,22(23(27)26-28)31-16-18-7-6-14-25-15-18)17-33(29,30)21-12-10-20(11-13-21)32-19-8-4-3-5-9-19;/h3-15,22,28H,16-17H2,1-2H3,(H,26,27);1H. The van der Waals surface area contributed by atoms with Gasteiger partial charge in [-0.15, -0.1) is 12.4 Å². The lowest BCUT2D eigenvalue weighted by Gasteiger charge is -2.32. The van der Waals surface area contributed by atoms with Crippen LogP contribution in [0.5, 0.6) is 11.5 Å². The van der Waals surface area contributed by atoms with Gasteiger partial charge in [0.1, 0.15) is 17.6 Å². The Morgan fingerprint density at radius 3 is 2.26 bits per heavy atom. The van der Waals surface area contributed by atoms with E-state index in [-0.39, 0.29) is 29.7 Å². The second-order valence-electron chi connectivity index (χ2n) is 8.16. The molecular weight excluding hydrogens is 480 g/mol. The summed E-state index contributed by atoms with van der Waals surface area (Å²) in [5, 5.41) is 9.18. The van der Waals surface area contributed by atoms with E-state index in [1.807, 2.05) is 18.2 Å². The lowest BCUT2D eigenvalue weighted by molar-refractivity contribution is -0.149. The number of nitrogens with one attached hydrogen (secondary N) is 1. The summed E-state index contributed by atoms with van der Waals surface area (Å²) >= 11 is 0. The van der Waals surface area contributed by atoms with Gasteiger partial charge in [-0.25, -0.2) is 13.9 Å². The lowest BCUT2D eigenvalue weighted by atomic mass is 9.88. The molecule has 0 aliphatic rings. The maximum atomic E-state index is 13.1. The first-order valence-electron chi connectivity index (χ1n) is 10.2. The van der Waals surface area contributed by atoms with E-state index in [0.29, 0.717) is 17.1 Å². The van der Waals surface area contributed by atoms with Crippen LogP contribution in [0.25, 0.3) is 0 Å². The van der Waals surface area contributed by atoms with Gasteiger partial charge in [-0.2, -0.15) is 0 Å². The van der Waals surface area contributed by atoms with Crippen molar-refractivity contribution in [3.05, 3.63) is 84.7 Å². The van der Waals surface area contributed by atoms with E-state index in [1.54, 1.807) is 68.1 Å². The summed E-state index contributed by atoms with van der Waals surface area (Å²) in [6.07, 6.45) is 1.96. The number of hydroxylamine groups is 1. The first kappa shape index (κ1) is 27.3. The van der Waals surface area contributed by atoms with E-state index in [4.69, 9.17) is 9.47 Å². The number of amides is 1. The fraction of sp³-hybridized carbons (Fsp3) is 0.250. The number of ether oxygens (including phenoxy) is 2. The molecule has 1 amide bonds. The highest BCUT2D eigenvalue weighted by Gasteiger charge is 2.40. The third-order valence-electron chi connectivity index (χ3n) is 4.92. The van der Waals surface area contributed by atoms with Gasteiger partial charge >= 0.3 is 0 Å². The van der Waals surface area contributed by atoms with Gasteiger partial charge in [0.2, 0.25) is 0 Å². The van der Waals surface area contributed by atoms with Gasteiger partial charge in [0.25, 0.3) is 5.91 Å². The molecule has 3 aromatic rings. The van der Waals surface area contributed by atoms with E-state index >= 15 is 0 Å². The highest BCUT2D eigenvalue weighted by Crippen LogP contribution is 2.30. The Hall–Kier alpha value is -2.98. The van der Waals surface area contributed by atoms with Gasteiger partial charge < -0.3 is 9.47 Å². The molecule has 0 spiro atoms. The average molecular weight is 507 g/mol. The molecule has 8 nitrogen and oxygen atoms in total. The number of benzene rings is 2. The minimum Gasteiger partial charge on any atom is -0.457 e. The first-order chi connectivity index (χ1) is 15.7. The van der Waals surface area contributed by atoms with Crippen molar-refractivity contribution >= 4 is 28.2 Å². The number of sulfone groups is 1. The number of halogens is 1. The molecule has 1 atom stereocenters. The average Bonchev–Trinajstić information content (AvgIpc) is 2.80. The van der Waals surface area contributed by atoms with Crippen LogP contribution in [-0.4, -0.2) is 36.4 Å². The Morgan fingerprint density at radius 2 is 1.68 bits per heavy atom. The number of hydrogen-bond donors (Lipinski definition) is 2. The molecule has 0 radical (unpaired) electrons. The van der Waals surface area contributed by atoms with E-state index in [0.717, 1.165) is 0 Å². The van der Waals surface area contributed by atoms with E-state index in [9.17, 15) is 18.4 Å². The normalized spacial score (nSPS) is 12.3. The molecule has 1 aromatic heterocycles. The summed E-state index contributed by atoms with van der Waals surface area (Å²) < 4.78 is 37.6. The minimum absolute atomic E-state index is 0. The summed E-state index contributed by atoms with van der Waals surface area (Å²) in [6.45, 7) is 3.22. The number of pyridine rings is 1. The van der Waals surface area contributed by atoms with Gasteiger partial charge in [0.05, 0.1) is 17.3 Å². The lowest BCUT2D eigenvalue weighted by Crippen LogP contribution is -2.47. The highest BCUT2D eigenvalue weighted by atomic mass is 35.5. The van der Waals surface area contributed by atoms with Crippen molar-refractivity contribution in [2.45, 2.75) is 31.5 Å². The van der Waals surface area contributed by atoms with E-state index in [1.165, 1.54) is 12.1 Å². The summed E-state index contributed by atoms with van der Waals surface area (Å²) in [4.78, 5) is 16.4. The minimum atomic E-state index is -3.79. The molecule has 3 rings (SSSR count). The molecule has 0 saturated heterocycles. The molecule has 182 valence electrons. The van der Waals surface area contributed by atoms with E-state index in [2.05, 4.69) is 4.98 Å². The zero-order valence-electron chi connectivity index (χ0n) is 18.7. The van der Waals surface area contributed by atoms with Crippen LogP contribution in [-0.2, 0) is 26.0 Å². The van der Waals surface area contributed by atoms with Crippen LogP contribution in [0, 0.1) is 5.41 Å². The molecule has 0 aliphatic carbocycles. The number of para-hydroxylation sites is 1. The SMILES string of the molecule is CC(C)(CS(=O)(=O)c1ccc(Oc2ccccc2)cc1)C(OCc1cccnc1)C(=O)NO.Cl. The smallest absolute Gasteiger partial charge is 0.273 e. The number of carbonyl (C=O) groups excluding carboxylic acids is 1. The van der Waals surface area contributed by atoms with Crippen LogP contribution in [0.3, 0.4) is 0 Å². The van der Waals surface area contributed by atoms with Crippen molar-refractivity contribution in [3.8, 4) is 11.5 Å². The fourth-order valence-corrected chi connectivity index (χ4v) is 5.21. The molecule has 2 N–H and O–H groups in total. The van der Waals surface area contributed by atoms with Crippen LogP contribution in [0.15, 0.2) is 84.0 Å². The Kier molecular flexibility index (Phi) is 9.57. The number of carbonyl (C=O) groups is 1. The van der Waals surface area contributed by atoms with Crippen LogP contribution in [0.4, 0.5) is 0 Å². The van der Waals surface area contributed by atoms with Crippen molar-refractivity contribution in [3.63, 3.8) is 0 Å². The second kappa shape index (κ2) is 11.9. The molecule has 0 aliphatic heterocycles. The Labute approximate surface area is 205 Å². The maximum Gasteiger partial charge on any atom is 0.273 e.